The second kappa shape index (κ2) is 6.46. The summed E-state index contributed by atoms with van der Waals surface area (Å²) in [6, 6.07) is 5.96. The number of hydrogen-bond donors (Lipinski definition) is 2. The van der Waals surface area contributed by atoms with E-state index >= 15 is 0 Å². The van der Waals surface area contributed by atoms with Crippen LogP contribution in [0.2, 0.25) is 0 Å². The molecule has 0 fully saturated rings. The van der Waals surface area contributed by atoms with Gasteiger partial charge in [-0.15, -0.1) is 0 Å². The van der Waals surface area contributed by atoms with E-state index < -0.39 is 6.09 Å². The Bertz CT molecular complexity index is 607. The van der Waals surface area contributed by atoms with Gasteiger partial charge < -0.3 is 4.74 Å². The number of amides is 1. The first kappa shape index (κ1) is 13.7. The van der Waals surface area contributed by atoms with Crippen molar-refractivity contribution < 1.29 is 13.9 Å². The first-order valence-corrected chi connectivity index (χ1v) is 5.96. The number of benzene rings is 1. The summed E-state index contributed by atoms with van der Waals surface area (Å²) in [4.78, 5) is 11.1. The summed E-state index contributed by atoms with van der Waals surface area (Å²) >= 11 is 0. The highest BCUT2D eigenvalue weighted by atomic mass is 19.1. The van der Waals surface area contributed by atoms with E-state index in [4.69, 9.17) is 0 Å². The normalized spacial score (nSPS) is 10.7. The SMILES string of the molecule is CCOC(=O)N/N=C/c1cn[nH]c1-c1ccc(F)cc1. The Morgan fingerprint density at radius 3 is 2.95 bits per heavy atom. The molecule has 2 N–H and O–H groups in total. The van der Waals surface area contributed by atoms with Crippen LogP contribution >= 0.6 is 0 Å². The number of hydrazone groups is 1. The minimum atomic E-state index is -0.629. The minimum Gasteiger partial charge on any atom is -0.449 e. The zero-order valence-corrected chi connectivity index (χ0v) is 10.8. The van der Waals surface area contributed by atoms with Gasteiger partial charge in [-0.1, -0.05) is 0 Å². The van der Waals surface area contributed by atoms with Crippen LogP contribution in [-0.4, -0.2) is 29.1 Å². The standard InChI is InChI=1S/C13H13FN4O2/c1-2-20-13(19)18-16-8-10-7-15-17-12(10)9-3-5-11(14)6-4-9/h3-8H,2H2,1H3,(H,15,17)(H,18,19)/b16-8+. The van der Waals surface area contributed by atoms with Crippen molar-refractivity contribution in [3.05, 3.63) is 41.8 Å². The van der Waals surface area contributed by atoms with Crippen molar-refractivity contribution in [2.75, 3.05) is 6.61 Å². The zero-order valence-electron chi connectivity index (χ0n) is 10.8. The Morgan fingerprint density at radius 2 is 2.25 bits per heavy atom. The van der Waals surface area contributed by atoms with Crippen LogP contribution in [-0.2, 0) is 4.74 Å². The number of ether oxygens (including phenoxy) is 1. The number of carbonyl (C=O) groups excluding carboxylic acids is 1. The number of carbonyl (C=O) groups is 1. The molecule has 0 bridgehead atoms. The van der Waals surface area contributed by atoms with E-state index in [1.165, 1.54) is 18.3 Å². The Balaban J connectivity index is 2.11. The molecule has 0 aliphatic carbocycles. The molecule has 1 aromatic carbocycles. The fraction of sp³-hybridized carbons (Fsp3) is 0.154. The zero-order chi connectivity index (χ0) is 14.4. The molecule has 1 amide bonds. The smallest absolute Gasteiger partial charge is 0.427 e. The van der Waals surface area contributed by atoms with Crippen LogP contribution in [0.5, 0.6) is 0 Å². The number of H-pyrrole nitrogens is 1. The lowest BCUT2D eigenvalue weighted by Crippen LogP contribution is -2.18. The average molecular weight is 276 g/mol. The Hall–Kier alpha value is -2.70. The molecule has 0 aliphatic heterocycles. The van der Waals surface area contributed by atoms with Crippen LogP contribution in [0.4, 0.5) is 9.18 Å². The van der Waals surface area contributed by atoms with Crippen LogP contribution in [0, 0.1) is 5.82 Å². The average Bonchev–Trinajstić information content (AvgIpc) is 2.88. The van der Waals surface area contributed by atoms with Crippen LogP contribution in [0.3, 0.4) is 0 Å². The summed E-state index contributed by atoms with van der Waals surface area (Å²) in [6.45, 7) is 1.97. The molecule has 7 heteroatoms. The number of nitrogens with zero attached hydrogens (tertiary/aromatic N) is 2. The van der Waals surface area contributed by atoms with Crippen molar-refractivity contribution in [2.45, 2.75) is 6.92 Å². The number of aromatic nitrogens is 2. The summed E-state index contributed by atoms with van der Waals surface area (Å²) in [5.41, 5.74) is 4.32. The lowest BCUT2D eigenvalue weighted by atomic mass is 10.1. The van der Waals surface area contributed by atoms with E-state index in [0.29, 0.717) is 11.3 Å². The van der Waals surface area contributed by atoms with Gasteiger partial charge in [-0.2, -0.15) is 10.2 Å². The topological polar surface area (TPSA) is 79.4 Å². The minimum absolute atomic E-state index is 0.272. The Morgan fingerprint density at radius 1 is 1.50 bits per heavy atom. The van der Waals surface area contributed by atoms with Gasteiger partial charge in [-0.05, 0) is 31.2 Å². The molecule has 0 radical (unpaired) electrons. The van der Waals surface area contributed by atoms with E-state index in [1.54, 1.807) is 25.3 Å². The van der Waals surface area contributed by atoms with Crippen molar-refractivity contribution in [3.63, 3.8) is 0 Å². The van der Waals surface area contributed by atoms with E-state index in [9.17, 15) is 9.18 Å². The molecule has 0 atom stereocenters. The molecular weight excluding hydrogens is 263 g/mol. The second-order valence-corrected chi connectivity index (χ2v) is 3.80. The second-order valence-electron chi connectivity index (χ2n) is 3.80. The summed E-state index contributed by atoms with van der Waals surface area (Å²) in [5, 5.41) is 10.5. The fourth-order valence-electron chi connectivity index (χ4n) is 1.56. The van der Waals surface area contributed by atoms with Crippen LogP contribution in [0.1, 0.15) is 12.5 Å². The molecule has 20 heavy (non-hydrogen) atoms. The summed E-state index contributed by atoms with van der Waals surface area (Å²) in [7, 11) is 0. The summed E-state index contributed by atoms with van der Waals surface area (Å²) in [6.07, 6.45) is 2.35. The van der Waals surface area contributed by atoms with Crippen molar-refractivity contribution in [2.24, 2.45) is 5.10 Å². The van der Waals surface area contributed by atoms with Gasteiger partial charge in [-0.25, -0.2) is 14.6 Å². The van der Waals surface area contributed by atoms with Gasteiger partial charge in [0, 0.05) is 11.1 Å². The molecule has 104 valence electrons. The van der Waals surface area contributed by atoms with Crippen molar-refractivity contribution in [3.8, 4) is 11.3 Å². The van der Waals surface area contributed by atoms with Crippen molar-refractivity contribution in [1.29, 1.82) is 0 Å². The third-order valence-electron chi connectivity index (χ3n) is 2.44. The number of nitrogens with one attached hydrogen (secondary N) is 2. The molecule has 1 aromatic heterocycles. The highest BCUT2D eigenvalue weighted by Gasteiger charge is 2.06. The molecule has 2 rings (SSSR count). The molecule has 2 aromatic rings. The molecule has 0 saturated heterocycles. The van der Waals surface area contributed by atoms with Crippen molar-refractivity contribution in [1.82, 2.24) is 15.6 Å². The quantitative estimate of drug-likeness (QED) is 0.664. The van der Waals surface area contributed by atoms with Crippen LogP contribution in [0.15, 0.2) is 35.6 Å². The highest BCUT2D eigenvalue weighted by Crippen LogP contribution is 2.19. The largest absolute Gasteiger partial charge is 0.449 e. The Kier molecular flexibility index (Phi) is 4.43. The lowest BCUT2D eigenvalue weighted by Gasteiger charge is -2.00. The molecule has 0 unspecified atom stereocenters. The fourth-order valence-corrected chi connectivity index (χ4v) is 1.56. The maximum atomic E-state index is 12.9. The maximum absolute atomic E-state index is 12.9. The van der Waals surface area contributed by atoms with Crippen LogP contribution < -0.4 is 5.43 Å². The molecule has 0 spiro atoms. The van der Waals surface area contributed by atoms with Gasteiger partial charge >= 0.3 is 6.09 Å². The third-order valence-corrected chi connectivity index (χ3v) is 2.44. The molecule has 6 nitrogen and oxygen atoms in total. The van der Waals surface area contributed by atoms with Gasteiger partial charge in [0.25, 0.3) is 0 Å². The highest BCUT2D eigenvalue weighted by molar-refractivity contribution is 5.88. The van der Waals surface area contributed by atoms with E-state index in [1.807, 2.05) is 0 Å². The number of hydrogen-bond acceptors (Lipinski definition) is 4. The van der Waals surface area contributed by atoms with E-state index in [2.05, 4.69) is 25.5 Å². The predicted octanol–water partition coefficient (Wildman–Crippen LogP) is 2.30. The summed E-state index contributed by atoms with van der Waals surface area (Å²) < 4.78 is 17.5. The van der Waals surface area contributed by atoms with E-state index in [0.717, 1.165) is 5.56 Å². The monoisotopic (exact) mass is 276 g/mol. The number of rotatable bonds is 4. The molecular formula is C13H13FN4O2. The maximum Gasteiger partial charge on any atom is 0.427 e. The third kappa shape index (κ3) is 3.41. The molecule has 0 saturated carbocycles. The first-order chi connectivity index (χ1) is 9.70. The predicted molar refractivity (Wildman–Crippen MR) is 71.7 cm³/mol. The molecule has 0 aliphatic rings. The lowest BCUT2D eigenvalue weighted by molar-refractivity contribution is 0.152. The Labute approximate surface area is 114 Å². The van der Waals surface area contributed by atoms with Gasteiger partial charge in [0.1, 0.15) is 5.82 Å². The number of aromatic amines is 1. The molecule has 1 heterocycles. The first-order valence-electron chi connectivity index (χ1n) is 5.96. The van der Waals surface area contributed by atoms with Gasteiger partial charge in [-0.3, -0.25) is 5.10 Å². The number of halogens is 1. The van der Waals surface area contributed by atoms with Crippen molar-refractivity contribution >= 4 is 12.3 Å². The van der Waals surface area contributed by atoms with Gasteiger partial charge in [0.05, 0.1) is 24.7 Å². The van der Waals surface area contributed by atoms with E-state index in [-0.39, 0.29) is 12.4 Å². The van der Waals surface area contributed by atoms with Crippen LogP contribution in [0.25, 0.3) is 11.3 Å². The summed E-state index contributed by atoms with van der Waals surface area (Å²) in [5.74, 6) is -0.313. The van der Waals surface area contributed by atoms with Gasteiger partial charge in [0.15, 0.2) is 0 Å². The van der Waals surface area contributed by atoms with Gasteiger partial charge in [0.2, 0.25) is 0 Å².